The molecule has 5 aromatic rings. The molecule has 0 aliphatic carbocycles. The van der Waals surface area contributed by atoms with E-state index in [9.17, 15) is 0 Å². The molecule has 126 valence electrons. The van der Waals surface area contributed by atoms with Crippen LogP contribution in [0, 0.1) is 6.92 Å². The number of rotatable bonds is 1. The van der Waals surface area contributed by atoms with E-state index in [1.807, 2.05) is 0 Å². The van der Waals surface area contributed by atoms with E-state index in [4.69, 9.17) is 0 Å². The van der Waals surface area contributed by atoms with Crippen LogP contribution < -0.4 is 4.57 Å². The first-order chi connectivity index (χ1) is 12.6. The molecule has 0 N–H and O–H groups in total. The quantitative estimate of drug-likeness (QED) is 0.368. The Labute approximate surface area is 152 Å². The summed E-state index contributed by atoms with van der Waals surface area (Å²) in [7, 11) is 4.31. The highest BCUT2D eigenvalue weighted by Gasteiger charge is 2.18. The van der Waals surface area contributed by atoms with Crippen LogP contribution in [-0.4, -0.2) is 4.57 Å². The summed E-state index contributed by atoms with van der Waals surface area (Å²) in [4.78, 5) is 0. The van der Waals surface area contributed by atoms with E-state index < -0.39 is 0 Å². The number of aryl methyl sites for hydroxylation is 3. The van der Waals surface area contributed by atoms with Gasteiger partial charge in [0.15, 0.2) is 0 Å². The summed E-state index contributed by atoms with van der Waals surface area (Å²) in [5.74, 6) is 0. The Morgan fingerprint density at radius 1 is 0.769 bits per heavy atom. The van der Waals surface area contributed by atoms with Crippen LogP contribution in [0.5, 0.6) is 0 Å². The predicted molar refractivity (Wildman–Crippen MR) is 109 cm³/mol. The van der Waals surface area contributed by atoms with E-state index in [1.165, 1.54) is 49.5 Å². The smallest absolute Gasteiger partial charge is 0.213 e. The van der Waals surface area contributed by atoms with Crippen LogP contribution in [0.25, 0.3) is 44.0 Å². The van der Waals surface area contributed by atoms with Gasteiger partial charge in [-0.15, -0.1) is 0 Å². The van der Waals surface area contributed by atoms with Crippen molar-refractivity contribution in [1.82, 2.24) is 4.57 Å². The molecule has 0 fully saturated rings. The van der Waals surface area contributed by atoms with Crippen molar-refractivity contribution in [3.8, 4) is 11.3 Å². The molecular weight excluding hydrogens is 316 g/mol. The van der Waals surface area contributed by atoms with Crippen LogP contribution in [0.3, 0.4) is 0 Å². The van der Waals surface area contributed by atoms with Crippen molar-refractivity contribution in [2.75, 3.05) is 0 Å². The average Bonchev–Trinajstić information content (AvgIpc) is 2.94. The normalized spacial score (nSPS) is 11.7. The van der Waals surface area contributed by atoms with Gasteiger partial charge in [-0.1, -0.05) is 30.3 Å². The van der Waals surface area contributed by atoms with E-state index >= 15 is 0 Å². The Balaban J connectivity index is 1.86. The number of aromatic nitrogens is 2. The minimum atomic E-state index is 1.25. The molecule has 0 radical (unpaired) electrons. The van der Waals surface area contributed by atoms with Gasteiger partial charge in [-0.2, -0.15) is 4.57 Å². The van der Waals surface area contributed by atoms with E-state index in [0.717, 1.165) is 0 Å². The van der Waals surface area contributed by atoms with Crippen LogP contribution in [0.15, 0.2) is 72.8 Å². The van der Waals surface area contributed by atoms with E-state index in [0.29, 0.717) is 0 Å². The highest BCUT2D eigenvalue weighted by Crippen LogP contribution is 2.33. The third-order valence-corrected chi connectivity index (χ3v) is 5.62. The summed E-state index contributed by atoms with van der Waals surface area (Å²) in [6.45, 7) is 2.21. The summed E-state index contributed by atoms with van der Waals surface area (Å²) in [5, 5.41) is 3.90. The van der Waals surface area contributed by atoms with Crippen LogP contribution in [0.1, 0.15) is 5.56 Å². The molecule has 2 nitrogen and oxygen atoms in total. The van der Waals surface area contributed by atoms with Gasteiger partial charge in [0, 0.05) is 51.9 Å². The molecule has 0 unspecified atom stereocenters. The fourth-order valence-electron chi connectivity index (χ4n) is 4.20. The van der Waals surface area contributed by atoms with E-state index in [1.54, 1.807) is 0 Å². The molecule has 0 amide bonds. The van der Waals surface area contributed by atoms with E-state index in [2.05, 4.69) is 103 Å². The lowest BCUT2D eigenvalue weighted by molar-refractivity contribution is -0.633. The number of hydrogen-bond donors (Lipinski definition) is 0. The van der Waals surface area contributed by atoms with Crippen molar-refractivity contribution in [2.24, 2.45) is 14.1 Å². The lowest BCUT2D eigenvalue weighted by atomic mass is 10.00. The Morgan fingerprint density at radius 3 is 2.42 bits per heavy atom. The third-order valence-electron chi connectivity index (χ3n) is 5.62. The first-order valence-corrected chi connectivity index (χ1v) is 9.01. The third kappa shape index (κ3) is 2.02. The average molecular weight is 337 g/mol. The summed E-state index contributed by atoms with van der Waals surface area (Å²) in [5.41, 5.74) is 7.66. The van der Waals surface area contributed by atoms with Gasteiger partial charge in [-0.3, -0.25) is 0 Å². The first-order valence-electron chi connectivity index (χ1n) is 9.01. The highest BCUT2D eigenvalue weighted by molar-refractivity contribution is 6.09. The van der Waals surface area contributed by atoms with Gasteiger partial charge < -0.3 is 4.57 Å². The molecule has 0 spiro atoms. The zero-order valence-electron chi connectivity index (χ0n) is 15.3. The Hall–Kier alpha value is -3.13. The minimum absolute atomic E-state index is 1.25. The topological polar surface area (TPSA) is 8.81 Å². The lowest BCUT2D eigenvalue weighted by Gasteiger charge is -2.08. The van der Waals surface area contributed by atoms with Gasteiger partial charge in [0.25, 0.3) is 0 Å². The predicted octanol–water partition coefficient (Wildman–Crippen LogP) is 5.28. The van der Waals surface area contributed by atoms with Gasteiger partial charge >= 0.3 is 0 Å². The van der Waals surface area contributed by atoms with Gasteiger partial charge in [0.05, 0.1) is 0 Å². The molecule has 0 aliphatic heterocycles. The first kappa shape index (κ1) is 15.2. The summed E-state index contributed by atoms with van der Waals surface area (Å²) in [6, 6.07) is 26.3. The summed E-state index contributed by atoms with van der Waals surface area (Å²) in [6.07, 6.45) is 0. The monoisotopic (exact) mass is 337 g/mol. The lowest BCUT2D eigenvalue weighted by Crippen LogP contribution is -2.32. The van der Waals surface area contributed by atoms with Crippen molar-refractivity contribution < 1.29 is 4.57 Å². The molecule has 5 rings (SSSR count). The minimum Gasteiger partial charge on any atom is -0.344 e. The molecule has 0 atom stereocenters. The number of hydrogen-bond acceptors (Lipinski definition) is 0. The zero-order chi connectivity index (χ0) is 17.8. The maximum Gasteiger partial charge on any atom is 0.213 e. The molecule has 3 aromatic carbocycles. The second-order valence-corrected chi connectivity index (χ2v) is 7.10. The van der Waals surface area contributed by atoms with Crippen molar-refractivity contribution in [3.63, 3.8) is 0 Å². The number of nitrogens with zero attached hydrogens (tertiary/aromatic N) is 2. The van der Waals surface area contributed by atoms with Gasteiger partial charge in [0.2, 0.25) is 11.2 Å². The molecule has 0 saturated heterocycles. The largest absolute Gasteiger partial charge is 0.344 e. The Morgan fingerprint density at radius 2 is 1.54 bits per heavy atom. The SMILES string of the molecule is Cc1cc2c(cc1-c1ccc3ccccc3[n+]1C)c1ccccc1n2C. The van der Waals surface area contributed by atoms with Crippen molar-refractivity contribution in [1.29, 1.82) is 0 Å². The Bertz CT molecular complexity index is 1310. The summed E-state index contributed by atoms with van der Waals surface area (Å²) < 4.78 is 4.59. The number of fused-ring (bicyclic) bond motifs is 4. The molecule has 2 heterocycles. The second-order valence-electron chi connectivity index (χ2n) is 7.10. The highest BCUT2D eigenvalue weighted by atomic mass is 14.9. The summed E-state index contributed by atoms with van der Waals surface area (Å²) >= 11 is 0. The molecule has 0 saturated carbocycles. The van der Waals surface area contributed by atoms with Gasteiger partial charge in [-0.05, 0) is 42.8 Å². The van der Waals surface area contributed by atoms with Crippen LogP contribution >= 0.6 is 0 Å². The number of benzene rings is 3. The second kappa shape index (κ2) is 5.43. The van der Waals surface area contributed by atoms with Crippen LogP contribution in [0.4, 0.5) is 0 Å². The standard InChI is InChI=1S/C24H21N2/c1-16-14-24-20(18-9-5-7-11-22(18)26(24)3)15-19(16)23-13-12-17-8-4-6-10-21(17)25(23)2/h4-15H,1-3H3/q+1. The van der Waals surface area contributed by atoms with Gasteiger partial charge in [0.1, 0.15) is 7.05 Å². The molecule has 2 aromatic heterocycles. The maximum atomic E-state index is 2.36. The molecular formula is C24H21N2+. The van der Waals surface area contributed by atoms with E-state index in [-0.39, 0.29) is 0 Å². The van der Waals surface area contributed by atoms with Crippen LogP contribution in [-0.2, 0) is 14.1 Å². The number of pyridine rings is 1. The fraction of sp³-hybridized carbons (Fsp3) is 0.125. The zero-order valence-corrected chi connectivity index (χ0v) is 15.3. The maximum absolute atomic E-state index is 2.36. The molecule has 0 aliphatic rings. The van der Waals surface area contributed by atoms with Crippen molar-refractivity contribution >= 4 is 32.7 Å². The molecule has 2 heteroatoms. The fourth-order valence-corrected chi connectivity index (χ4v) is 4.20. The molecule has 0 bridgehead atoms. The van der Waals surface area contributed by atoms with Gasteiger partial charge in [-0.25, -0.2) is 0 Å². The Kier molecular flexibility index (Phi) is 3.17. The number of para-hydroxylation sites is 2. The molecule has 26 heavy (non-hydrogen) atoms. The van der Waals surface area contributed by atoms with Crippen molar-refractivity contribution in [3.05, 3.63) is 78.4 Å². The van der Waals surface area contributed by atoms with Crippen LogP contribution in [0.2, 0.25) is 0 Å². The van der Waals surface area contributed by atoms with Crippen molar-refractivity contribution in [2.45, 2.75) is 6.92 Å².